The first-order chi connectivity index (χ1) is 11.7. The van der Waals surface area contributed by atoms with E-state index in [2.05, 4.69) is 9.98 Å². The Bertz CT molecular complexity index is 682. The van der Waals surface area contributed by atoms with Crippen LogP contribution < -0.4 is 0 Å². The smallest absolute Gasteiger partial charge is 0.124 e. The van der Waals surface area contributed by atoms with E-state index in [4.69, 9.17) is 0 Å². The Balaban J connectivity index is 0.00000225. The predicted molar refractivity (Wildman–Crippen MR) is 97.4 cm³/mol. The molecule has 1 aliphatic carbocycles. The van der Waals surface area contributed by atoms with E-state index >= 15 is 0 Å². The molecule has 25 heavy (non-hydrogen) atoms. The van der Waals surface area contributed by atoms with Gasteiger partial charge in [-0.2, -0.15) is 0 Å². The summed E-state index contributed by atoms with van der Waals surface area (Å²) in [5.41, 5.74) is 1.46. The molecular weight excluding hydrogens is 495 g/mol. The average molecular weight is 517 g/mol. The van der Waals surface area contributed by atoms with Crippen LogP contribution in [0.15, 0.2) is 58.5 Å². The Morgan fingerprint density at radius 3 is 1.52 bits per heavy atom. The van der Waals surface area contributed by atoms with Crippen LogP contribution in [0, 0.1) is 0 Å². The molecule has 1 fully saturated rings. The summed E-state index contributed by atoms with van der Waals surface area (Å²) in [6.07, 6.45) is 7.76. The Labute approximate surface area is 162 Å². The van der Waals surface area contributed by atoms with Crippen molar-refractivity contribution in [2.45, 2.75) is 37.8 Å². The van der Waals surface area contributed by atoms with Crippen LogP contribution in [0.2, 0.25) is 0 Å². The standard InChI is InChI=1S/C20H22N2O2.Pt/c23-19-11-5-1-7-15(19)13-21-17-9-3-4-10-18(17)22-14-16-8-2-6-12-20(16)24;/h1-2,5-8,11-14,17-18,23-24H,3-4,9-10H2;. The van der Waals surface area contributed by atoms with Crippen LogP contribution in [-0.2, 0) is 21.1 Å². The number of phenols is 2. The van der Waals surface area contributed by atoms with Crippen LogP contribution >= 0.6 is 0 Å². The third-order valence-corrected chi connectivity index (χ3v) is 4.38. The zero-order chi connectivity index (χ0) is 16.8. The largest absolute Gasteiger partial charge is 0.507 e. The van der Waals surface area contributed by atoms with E-state index in [9.17, 15) is 10.2 Å². The summed E-state index contributed by atoms with van der Waals surface area (Å²) in [7, 11) is 0. The second-order valence-electron chi connectivity index (χ2n) is 6.09. The summed E-state index contributed by atoms with van der Waals surface area (Å²) in [4.78, 5) is 9.34. The molecule has 5 heteroatoms. The Morgan fingerprint density at radius 2 is 1.12 bits per heavy atom. The summed E-state index contributed by atoms with van der Waals surface area (Å²) < 4.78 is 0. The fourth-order valence-corrected chi connectivity index (χ4v) is 2.98. The van der Waals surface area contributed by atoms with E-state index in [-0.39, 0.29) is 44.6 Å². The molecule has 0 radical (unpaired) electrons. The first kappa shape index (κ1) is 19.4. The third kappa shape index (κ3) is 5.27. The number of aliphatic imine (C=N–C) groups is 2. The van der Waals surface area contributed by atoms with Crippen molar-refractivity contribution >= 4 is 12.4 Å². The van der Waals surface area contributed by atoms with Gasteiger partial charge in [0.05, 0.1) is 12.1 Å². The van der Waals surface area contributed by atoms with Crippen molar-refractivity contribution in [3.63, 3.8) is 0 Å². The summed E-state index contributed by atoms with van der Waals surface area (Å²) in [6, 6.07) is 14.6. The zero-order valence-electron chi connectivity index (χ0n) is 13.9. The van der Waals surface area contributed by atoms with E-state index in [0.29, 0.717) is 0 Å². The maximum atomic E-state index is 9.84. The third-order valence-electron chi connectivity index (χ3n) is 4.38. The van der Waals surface area contributed by atoms with E-state index in [0.717, 1.165) is 36.8 Å². The Kier molecular flexibility index (Phi) is 7.39. The topological polar surface area (TPSA) is 65.2 Å². The van der Waals surface area contributed by atoms with E-state index in [1.54, 1.807) is 36.7 Å². The van der Waals surface area contributed by atoms with E-state index in [1.807, 2.05) is 24.3 Å². The molecule has 0 amide bonds. The van der Waals surface area contributed by atoms with Gasteiger partial charge in [0, 0.05) is 44.6 Å². The van der Waals surface area contributed by atoms with Crippen molar-refractivity contribution in [3.05, 3.63) is 59.7 Å². The van der Waals surface area contributed by atoms with Gasteiger partial charge in [0.1, 0.15) is 11.5 Å². The molecule has 0 saturated heterocycles. The second kappa shape index (κ2) is 9.53. The maximum absolute atomic E-state index is 9.84. The molecule has 1 aliphatic rings. The van der Waals surface area contributed by atoms with Gasteiger partial charge in [-0.3, -0.25) is 9.98 Å². The fourth-order valence-electron chi connectivity index (χ4n) is 2.98. The number of aromatic hydroxyl groups is 2. The minimum absolute atomic E-state index is 0. The molecule has 0 heterocycles. The molecular formula is C20H22N2O2Pt. The number of para-hydroxylation sites is 2. The van der Waals surface area contributed by atoms with Gasteiger partial charge in [-0.25, -0.2) is 0 Å². The monoisotopic (exact) mass is 517 g/mol. The maximum Gasteiger partial charge on any atom is 0.124 e. The van der Waals surface area contributed by atoms with Gasteiger partial charge < -0.3 is 10.2 Å². The molecule has 0 spiro atoms. The summed E-state index contributed by atoms with van der Waals surface area (Å²) in [5, 5.41) is 19.7. The molecule has 2 aromatic rings. The number of benzene rings is 2. The molecule has 2 aromatic carbocycles. The van der Waals surface area contributed by atoms with Gasteiger partial charge in [-0.05, 0) is 37.1 Å². The minimum atomic E-state index is 0. The van der Waals surface area contributed by atoms with E-state index in [1.165, 1.54) is 0 Å². The predicted octanol–water partition coefficient (Wildman–Crippen LogP) is 3.94. The second-order valence-corrected chi connectivity index (χ2v) is 6.09. The van der Waals surface area contributed by atoms with E-state index < -0.39 is 0 Å². The molecule has 0 aromatic heterocycles. The molecule has 0 aliphatic heterocycles. The molecule has 4 nitrogen and oxygen atoms in total. The number of hydrogen-bond acceptors (Lipinski definition) is 4. The van der Waals surface area contributed by atoms with Gasteiger partial charge in [-0.1, -0.05) is 37.1 Å². The molecule has 134 valence electrons. The summed E-state index contributed by atoms with van der Waals surface area (Å²) in [6.45, 7) is 0. The summed E-state index contributed by atoms with van der Waals surface area (Å²) >= 11 is 0. The quantitative estimate of drug-likeness (QED) is 0.604. The van der Waals surface area contributed by atoms with Crippen LogP contribution in [0.25, 0.3) is 0 Å². The van der Waals surface area contributed by atoms with Crippen molar-refractivity contribution in [2.24, 2.45) is 9.98 Å². The number of rotatable bonds is 4. The molecule has 2 unspecified atom stereocenters. The van der Waals surface area contributed by atoms with Crippen molar-refractivity contribution in [3.8, 4) is 11.5 Å². The number of phenolic OH excluding ortho intramolecular Hbond substituents is 2. The molecule has 2 atom stereocenters. The van der Waals surface area contributed by atoms with Crippen molar-refractivity contribution in [1.29, 1.82) is 0 Å². The zero-order valence-corrected chi connectivity index (χ0v) is 16.1. The van der Waals surface area contributed by atoms with Gasteiger partial charge >= 0.3 is 0 Å². The average Bonchev–Trinajstić information content (AvgIpc) is 2.61. The Hall–Kier alpha value is -1.93. The van der Waals surface area contributed by atoms with Gasteiger partial charge in [-0.15, -0.1) is 0 Å². The fraction of sp³-hybridized carbons (Fsp3) is 0.300. The number of hydrogen-bond donors (Lipinski definition) is 2. The SMILES string of the molecule is Oc1ccccc1C=NC1CCCCC1N=Cc1ccccc1O.[Pt]. The van der Waals surface area contributed by atoms with Crippen LogP contribution in [-0.4, -0.2) is 34.7 Å². The van der Waals surface area contributed by atoms with Crippen LogP contribution in [0.4, 0.5) is 0 Å². The summed E-state index contributed by atoms with van der Waals surface area (Å²) in [5.74, 6) is 0.484. The first-order valence-electron chi connectivity index (χ1n) is 8.36. The normalized spacial score (nSPS) is 20.6. The first-order valence-corrected chi connectivity index (χ1v) is 8.36. The van der Waals surface area contributed by atoms with Crippen LogP contribution in [0.5, 0.6) is 11.5 Å². The molecule has 2 N–H and O–H groups in total. The van der Waals surface area contributed by atoms with Gasteiger partial charge in [0.2, 0.25) is 0 Å². The van der Waals surface area contributed by atoms with Crippen LogP contribution in [0.1, 0.15) is 36.8 Å². The molecule has 1 saturated carbocycles. The van der Waals surface area contributed by atoms with Crippen molar-refractivity contribution < 1.29 is 31.3 Å². The van der Waals surface area contributed by atoms with Crippen molar-refractivity contribution in [1.82, 2.24) is 0 Å². The molecule has 3 rings (SSSR count). The van der Waals surface area contributed by atoms with Gasteiger partial charge in [0.25, 0.3) is 0 Å². The van der Waals surface area contributed by atoms with Gasteiger partial charge in [0.15, 0.2) is 0 Å². The minimum Gasteiger partial charge on any atom is -0.507 e. The Morgan fingerprint density at radius 1 is 0.720 bits per heavy atom. The number of nitrogens with zero attached hydrogens (tertiary/aromatic N) is 2. The van der Waals surface area contributed by atoms with Crippen LogP contribution in [0.3, 0.4) is 0 Å². The van der Waals surface area contributed by atoms with Crippen molar-refractivity contribution in [2.75, 3.05) is 0 Å². The molecule has 0 bridgehead atoms.